The number of pyridine rings is 1. The Morgan fingerprint density at radius 2 is 1.96 bits per heavy atom. The van der Waals surface area contributed by atoms with E-state index in [1.165, 1.54) is 36.2 Å². The van der Waals surface area contributed by atoms with Gasteiger partial charge >= 0.3 is 0 Å². The van der Waals surface area contributed by atoms with Gasteiger partial charge in [-0.15, -0.1) is 0 Å². The van der Waals surface area contributed by atoms with Crippen LogP contribution in [0.2, 0.25) is 0 Å². The molecule has 0 fully saturated rings. The lowest BCUT2D eigenvalue weighted by molar-refractivity contribution is 0.0954. The summed E-state index contributed by atoms with van der Waals surface area (Å²) in [6, 6.07) is 18.8. The molecular weight excluding hydrogens is 377 g/mol. The molecule has 0 bridgehead atoms. The second kappa shape index (κ2) is 8.06. The highest BCUT2D eigenvalue weighted by molar-refractivity contribution is 7.99. The Labute approximate surface area is 164 Å². The normalized spacial score (nSPS) is 11.2. The molecule has 0 aliphatic heterocycles. The van der Waals surface area contributed by atoms with Crippen molar-refractivity contribution in [2.45, 2.75) is 9.99 Å². The molecule has 2 aromatic carbocycles. The van der Waals surface area contributed by atoms with Gasteiger partial charge in [0.25, 0.3) is 5.91 Å². The Kier molecular flexibility index (Phi) is 5.16. The number of carbonyl (C=O) groups is 1. The molecule has 1 N–H and O–H groups in total. The molecule has 0 saturated heterocycles. The fourth-order valence-electron chi connectivity index (χ4n) is 2.57. The zero-order valence-corrected chi connectivity index (χ0v) is 15.3. The average molecular weight is 391 g/mol. The molecule has 0 saturated carbocycles. The van der Waals surface area contributed by atoms with E-state index >= 15 is 0 Å². The van der Waals surface area contributed by atoms with Gasteiger partial charge in [0.2, 0.25) is 0 Å². The summed E-state index contributed by atoms with van der Waals surface area (Å²) < 4.78 is 18.9. The van der Waals surface area contributed by atoms with Crippen LogP contribution in [0.5, 0.6) is 0 Å². The van der Waals surface area contributed by atoms with Gasteiger partial charge in [0.1, 0.15) is 11.6 Å². The third-order valence-corrected chi connectivity index (χ3v) is 4.82. The summed E-state index contributed by atoms with van der Waals surface area (Å²) in [4.78, 5) is 17.3. The first kappa shape index (κ1) is 17.9. The first-order valence-electron chi connectivity index (χ1n) is 8.39. The molecule has 0 spiro atoms. The Balaban J connectivity index is 1.43. The van der Waals surface area contributed by atoms with E-state index in [0.717, 1.165) is 21.9 Å². The number of carbonyl (C=O) groups excluding carboxylic acids is 1. The molecule has 28 heavy (non-hydrogen) atoms. The van der Waals surface area contributed by atoms with Crippen LogP contribution in [0, 0.1) is 5.82 Å². The molecule has 0 aliphatic carbocycles. The van der Waals surface area contributed by atoms with Crippen molar-refractivity contribution in [2.75, 3.05) is 0 Å². The molecule has 1 amide bonds. The standard InChI is InChI=1S/C21H14FN3O2S/c22-16-7-1-5-15(12-16)21(26)25-24-13-17-9-10-19(27-17)28-18-8-2-4-14-6-3-11-23-20(14)18/h1-13H,(H,25,26)/b24-13-. The highest BCUT2D eigenvalue weighted by atomic mass is 32.2. The summed E-state index contributed by atoms with van der Waals surface area (Å²) in [6.07, 6.45) is 3.15. The van der Waals surface area contributed by atoms with Gasteiger partial charge in [-0.25, -0.2) is 9.82 Å². The van der Waals surface area contributed by atoms with Gasteiger partial charge < -0.3 is 4.42 Å². The number of benzene rings is 2. The fourth-order valence-corrected chi connectivity index (χ4v) is 3.48. The van der Waals surface area contributed by atoms with Crippen molar-refractivity contribution in [1.82, 2.24) is 10.4 Å². The lowest BCUT2D eigenvalue weighted by atomic mass is 10.2. The number of halogens is 1. The Hall–Kier alpha value is -3.45. The Bertz CT molecular complexity index is 1170. The zero-order chi connectivity index (χ0) is 19.3. The van der Waals surface area contributed by atoms with E-state index in [0.29, 0.717) is 10.9 Å². The minimum atomic E-state index is -0.501. The predicted molar refractivity (Wildman–Crippen MR) is 106 cm³/mol. The largest absolute Gasteiger partial charge is 0.448 e. The molecule has 0 atom stereocenters. The van der Waals surface area contributed by atoms with Crippen LogP contribution in [-0.4, -0.2) is 17.1 Å². The van der Waals surface area contributed by atoms with E-state index in [4.69, 9.17) is 4.42 Å². The van der Waals surface area contributed by atoms with Crippen LogP contribution in [-0.2, 0) is 0 Å². The molecule has 7 heteroatoms. The van der Waals surface area contributed by atoms with Crippen LogP contribution >= 0.6 is 11.8 Å². The van der Waals surface area contributed by atoms with Crippen molar-refractivity contribution in [3.8, 4) is 0 Å². The highest BCUT2D eigenvalue weighted by Crippen LogP contribution is 2.33. The number of furan rings is 1. The number of rotatable bonds is 5. The third-order valence-electron chi connectivity index (χ3n) is 3.85. The van der Waals surface area contributed by atoms with Crippen molar-refractivity contribution < 1.29 is 13.6 Å². The maximum absolute atomic E-state index is 13.2. The summed E-state index contributed by atoms with van der Waals surface area (Å²) in [5.41, 5.74) is 3.44. The van der Waals surface area contributed by atoms with Crippen LogP contribution in [0.25, 0.3) is 10.9 Å². The van der Waals surface area contributed by atoms with Crippen LogP contribution < -0.4 is 5.43 Å². The number of fused-ring (bicyclic) bond motifs is 1. The summed E-state index contributed by atoms with van der Waals surface area (Å²) >= 11 is 1.46. The van der Waals surface area contributed by atoms with Gasteiger partial charge in [-0.1, -0.05) is 24.3 Å². The van der Waals surface area contributed by atoms with Gasteiger partial charge in [0.15, 0.2) is 5.09 Å². The first-order valence-corrected chi connectivity index (χ1v) is 9.21. The third kappa shape index (κ3) is 4.10. The Morgan fingerprint density at radius 1 is 1.11 bits per heavy atom. The van der Waals surface area contributed by atoms with Crippen LogP contribution in [0.4, 0.5) is 4.39 Å². The topological polar surface area (TPSA) is 67.5 Å². The number of hydrogen-bond donors (Lipinski definition) is 1. The van der Waals surface area contributed by atoms with E-state index in [-0.39, 0.29) is 5.56 Å². The predicted octanol–water partition coefficient (Wildman–Crippen LogP) is 4.88. The van der Waals surface area contributed by atoms with Crippen molar-refractivity contribution >= 4 is 34.8 Å². The second-order valence-electron chi connectivity index (χ2n) is 5.80. The van der Waals surface area contributed by atoms with Crippen molar-refractivity contribution in [3.05, 3.63) is 90.1 Å². The Morgan fingerprint density at radius 3 is 2.86 bits per heavy atom. The van der Waals surface area contributed by atoms with Gasteiger partial charge in [0, 0.05) is 22.0 Å². The summed E-state index contributed by atoms with van der Waals surface area (Å²) in [6.45, 7) is 0. The number of nitrogens with zero attached hydrogens (tertiary/aromatic N) is 2. The van der Waals surface area contributed by atoms with Gasteiger partial charge in [-0.2, -0.15) is 5.10 Å². The second-order valence-corrected chi connectivity index (χ2v) is 6.85. The van der Waals surface area contributed by atoms with Gasteiger partial charge in [-0.05, 0) is 54.2 Å². The molecular formula is C21H14FN3O2S. The molecule has 4 rings (SSSR count). The molecule has 5 nitrogen and oxygen atoms in total. The minimum Gasteiger partial charge on any atom is -0.448 e. The number of nitrogens with one attached hydrogen (secondary N) is 1. The highest BCUT2D eigenvalue weighted by Gasteiger charge is 2.08. The van der Waals surface area contributed by atoms with Crippen LogP contribution in [0.1, 0.15) is 16.1 Å². The molecule has 2 aromatic heterocycles. The number of hydrogen-bond acceptors (Lipinski definition) is 5. The van der Waals surface area contributed by atoms with Gasteiger partial charge in [0.05, 0.1) is 11.7 Å². The molecule has 0 radical (unpaired) electrons. The number of aromatic nitrogens is 1. The number of amides is 1. The van der Waals surface area contributed by atoms with Gasteiger partial charge in [-0.3, -0.25) is 9.78 Å². The molecule has 0 unspecified atom stereocenters. The number of hydrazone groups is 1. The minimum absolute atomic E-state index is 0.191. The lowest BCUT2D eigenvalue weighted by Gasteiger charge is -2.02. The maximum Gasteiger partial charge on any atom is 0.271 e. The zero-order valence-electron chi connectivity index (χ0n) is 14.5. The quantitative estimate of drug-likeness (QED) is 0.389. The van der Waals surface area contributed by atoms with Crippen molar-refractivity contribution in [1.29, 1.82) is 0 Å². The molecule has 2 heterocycles. The summed E-state index contributed by atoms with van der Waals surface area (Å²) in [5, 5.41) is 5.59. The van der Waals surface area contributed by atoms with E-state index in [2.05, 4.69) is 15.5 Å². The lowest BCUT2D eigenvalue weighted by Crippen LogP contribution is -2.17. The van der Waals surface area contributed by atoms with E-state index < -0.39 is 11.7 Å². The molecule has 4 aromatic rings. The van der Waals surface area contributed by atoms with Crippen LogP contribution in [0.3, 0.4) is 0 Å². The van der Waals surface area contributed by atoms with E-state index in [1.807, 2.05) is 36.4 Å². The monoisotopic (exact) mass is 391 g/mol. The average Bonchev–Trinajstić information content (AvgIpc) is 3.15. The van der Waals surface area contributed by atoms with Crippen LogP contribution in [0.15, 0.2) is 92.4 Å². The van der Waals surface area contributed by atoms with E-state index in [9.17, 15) is 9.18 Å². The molecule has 138 valence electrons. The number of para-hydroxylation sites is 1. The SMILES string of the molecule is O=C(N/N=C\c1ccc(Sc2cccc3cccnc23)o1)c1cccc(F)c1. The summed E-state index contributed by atoms with van der Waals surface area (Å²) in [5.74, 6) is -0.499. The fraction of sp³-hybridized carbons (Fsp3) is 0. The van der Waals surface area contributed by atoms with Crippen molar-refractivity contribution in [2.24, 2.45) is 5.10 Å². The first-order chi connectivity index (χ1) is 13.7. The maximum atomic E-state index is 13.2. The summed E-state index contributed by atoms with van der Waals surface area (Å²) in [7, 11) is 0. The molecule has 0 aliphatic rings. The van der Waals surface area contributed by atoms with E-state index in [1.54, 1.807) is 12.3 Å². The smallest absolute Gasteiger partial charge is 0.271 e. The van der Waals surface area contributed by atoms with Crippen molar-refractivity contribution in [3.63, 3.8) is 0 Å².